The maximum absolute atomic E-state index is 11.9. The Balaban J connectivity index is 2.65. The standard InChI is InChI=1S/C13H17N3OS/c1-10(15-16(3)13(18)14-2)9-12(17)11-7-5-4-6-8-11/h4-8H,9H2,1-3H3,(H,14,18). The Labute approximate surface area is 113 Å². The van der Waals surface area contributed by atoms with Crippen LogP contribution in [0.15, 0.2) is 35.4 Å². The largest absolute Gasteiger partial charge is 0.364 e. The van der Waals surface area contributed by atoms with Crippen molar-refractivity contribution in [3.8, 4) is 0 Å². The molecule has 0 fully saturated rings. The Kier molecular flexibility index (Phi) is 5.45. The number of hydrogen-bond donors (Lipinski definition) is 1. The zero-order valence-corrected chi connectivity index (χ0v) is 11.6. The highest BCUT2D eigenvalue weighted by molar-refractivity contribution is 7.80. The van der Waals surface area contributed by atoms with Crippen molar-refractivity contribution in [2.45, 2.75) is 13.3 Å². The van der Waals surface area contributed by atoms with E-state index in [0.717, 1.165) is 5.71 Å². The average Bonchev–Trinajstić information content (AvgIpc) is 2.38. The normalized spacial score (nSPS) is 10.9. The van der Waals surface area contributed by atoms with E-state index in [-0.39, 0.29) is 5.78 Å². The lowest BCUT2D eigenvalue weighted by Gasteiger charge is -2.14. The molecule has 18 heavy (non-hydrogen) atoms. The minimum Gasteiger partial charge on any atom is -0.364 e. The predicted molar refractivity (Wildman–Crippen MR) is 77.9 cm³/mol. The number of nitrogens with zero attached hydrogens (tertiary/aromatic N) is 2. The number of carbonyl (C=O) groups excluding carboxylic acids is 1. The van der Waals surface area contributed by atoms with E-state index in [1.165, 1.54) is 0 Å². The second-order valence-electron chi connectivity index (χ2n) is 3.88. The predicted octanol–water partition coefficient (Wildman–Crippen LogP) is 2.07. The molecule has 0 aliphatic carbocycles. The van der Waals surface area contributed by atoms with E-state index < -0.39 is 0 Å². The zero-order valence-electron chi connectivity index (χ0n) is 10.8. The lowest BCUT2D eigenvalue weighted by atomic mass is 10.1. The highest BCUT2D eigenvalue weighted by atomic mass is 32.1. The number of rotatable bonds is 4. The highest BCUT2D eigenvalue weighted by Crippen LogP contribution is 2.04. The van der Waals surface area contributed by atoms with Gasteiger partial charge in [0.15, 0.2) is 10.9 Å². The fraction of sp³-hybridized carbons (Fsp3) is 0.308. The first kappa shape index (κ1) is 14.3. The van der Waals surface area contributed by atoms with Gasteiger partial charge >= 0.3 is 0 Å². The van der Waals surface area contributed by atoms with Crippen LogP contribution >= 0.6 is 12.2 Å². The molecule has 96 valence electrons. The molecule has 1 aromatic rings. The molecule has 1 rings (SSSR count). The summed E-state index contributed by atoms with van der Waals surface area (Å²) in [4.78, 5) is 11.9. The van der Waals surface area contributed by atoms with E-state index in [9.17, 15) is 4.79 Å². The third-order valence-electron chi connectivity index (χ3n) is 2.34. The van der Waals surface area contributed by atoms with Crippen LogP contribution in [0.5, 0.6) is 0 Å². The molecule has 0 spiro atoms. The van der Waals surface area contributed by atoms with Crippen LogP contribution in [0.4, 0.5) is 0 Å². The van der Waals surface area contributed by atoms with Gasteiger partial charge in [-0.2, -0.15) is 5.10 Å². The molecule has 1 N–H and O–H groups in total. The Morgan fingerprint density at radius 1 is 1.39 bits per heavy atom. The Morgan fingerprint density at radius 2 is 2.00 bits per heavy atom. The van der Waals surface area contributed by atoms with Gasteiger partial charge in [-0.15, -0.1) is 0 Å². The Morgan fingerprint density at radius 3 is 2.56 bits per heavy atom. The summed E-state index contributed by atoms with van der Waals surface area (Å²) in [5.74, 6) is 0.0561. The van der Waals surface area contributed by atoms with Crippen molar-refractivity contribution < 1.29 is 4.79 Å². The van der Waals surface area contributed by atoms with Gasteiger partial charge < -0.3 is 5.32 Å². The molecule has 5 heteroatoms. The third-order valence-corrected chi connectivity index (χ3v) is 2.81. The van der Waals surface area contributed by atoms with Crippen molar-refractivity contribution in [1.29, 1.82) is 0 Å². The molecule has 0 bridgehead atoms. The van der Waals surface area contributed by atoms with Crippen LogP contribution in [0.1, 0.15) is 23.7 Å². The molecular formula is C13H17N3OS. The number of nitrogens with one attached hydrogen (secondary N) is 1. The molecule has 0 unspecified atom stereocenters. The first-order valence-electron chi connectivity index (χ1n) is 5.62. The van der Waals surface area contributed by atoms with Crippen molar-refractivity contribution >= 4 is 28.8 Å². The van der Waals surface area contributed by atoms with Crippen molar-refractivity contribution in [2.24, 2.45) is 5.10 Å². The number of benzene rings is 1. The second-order valence-corrected chi connectivity index (χ2v) is 4.27. The van der Waals surface area contributed by atoms with Crippen LogP contribution < -0.4 is 5.32 Å². The van der Waals surface area contributed by atoms with Crippen molar-refractivity contribution in [1.82, 2.24) is 10.3 Å². The average molecular weight is 263 g/mol. The van der Waals surface area contributed by atoms with E-state index >= 15 is 0 Å². The highest BCUT2D eigenvalue weighted by Gasteiger charge is 2.08. The van der Waals surface area contributed by atoms with E-state index in [4.69, 9.17) is 12.2 Å². The molecule has 0 amide bonds. The second kappa shape index (κ2) is 6.86. The summed E-state index contributed by atoms with van der Waals surface area (Å²) in [6, 6.07) is 9.19. The summed E-state index contributed by atoms with van der Waals surface area (Å²) in [6.07, 6.45) is 0.292. The molecular weight excluding hydrogens is 246 g/mol. The molecule has 1 aromatic carbocycles. The van der Waals surface area contributed by atoms with Crippen molar-refractivity contribution in [3.63, 3.8) is 0 Å². The van der Waals surface area contributed by atoms with Crippen LogP contribution in [0, 0.1) is 0 Å². The number of thiocarbonyl (C=S) groups is 1. The molecule has 0 aliphatic rings. The first-order valence-corrected chi connectivity index (χ1v) is 6.03. The summed E-state index contributed by atoms with van der Waals surface area (Å²) in [5, 5.41) is 9.12. The maximum Gasteiger partial charge on any atom is 0.189 e. The third kappa shape index (κ3) is 4.25. The SMILES string of the molecule is CNC(=S)N(C)N=C(C)CC(=O)c1ccccc1. The minimum absolute atomic E-state index is 0.0561. The summed E-state index contributed by atoms with van der Waals surface area (Å²) in [6.45, 7) is 1.82. The Hall–Kier alpha value is -1.75. The number of Topliss-reactive ketones (excluding diaryl/α,β-unsaturated/α-hetero) is 1. The van der Waals surface area contributed by atoms with Gasteiger partial charge in [0.1, 0.15) is 0 Å². The summed E-state index contributed by atoms with van der Waals surface area (Å²) in [7, 11) is 3.48. The number of carbonyl (C=O) groups is 1. The van der Waals surface area contributed by atoms with Gasteiger partial charge in [0.25, 0.3) is 0 Å². The molecule has 0 saturated heterocycles. The van der Waals surface area contributed by atoms with Gasteiger partial charge in [-0.05, 0) is 19.1 Å². The van der Waals surface area contributed by atoms with Crippen LogP contribution in [0.25, 0.3) is 0 Å². The van der Waals surface area contributed by atoms with Gasteiger partial charge in [-0.25, -0.2) is 5.01 Å². The lowest BCUT2D eigenvalue weighted by molar-refractivity contribution is 0.1000. The summed E-state index contributed by atoms with van der Waals surface area (Å²) in [5.41, 5.74) is 1.43. The molecule has 4 nitrogen and oxygen atoms in total. The van der Waals surface area contributed by atoms with E-state index in [2.05, 4.69) is 10.4 Å². The number of hydrogen-bond acceptors (Lipinski definition) is 3. The Bertz CT molecular complexity index is 457. The topological polar surface area (TPSA) is 44.7 Å². The minimum atomic E-state index is 0.0561. The summed E-state index contributed by atoms with van der Waals surface area (Å²) < 4.78 is 0. The molecule has 0 atom stereocenters. The zero-order chi connectivity index (χ0) is 13.5. The van der Waals surface area contributed by atoms with E-state index in [0.29, 0.717) is 17.1 Å². The first-order chi connectivity index (χ1) is 8.54. The quantitative estimate of drug-likeness (QED) is 0.391. The molecule has 0 aromatic heterocycles. The van der Waals surface area contributed by atoms with Crippen LogP contribution in [-0.4, -0.2) is 35.7 Å². The smallest absolute Gasteiger partial charge is 0.189 e. The maximum atomic E-state index is 11.9. The monoisotopic (exact) mass is 263 g/mol. The molecule has 0 radical (unpaired) electrons. The van der Waals surface area contributed by atoms with Crippen molar-refractivity contribution in [2.75, 3.05) is 14.1 Å². The lowest BCUT2D eigenvalue weighted by Crippen LogP contribution is -2.31. The van der Waals surface area contributed by atoms with Gasteiger partial charge in [0.2, 0.25) is 0 Å². The number of ketones is 1. The van der Waals surface area contributed by atoms with Crippen molar-refractivity contribution in [3.05, 3.63) is 35.9 Å². The van der Waals surface area contributed by atoms with Gasteiger partial charge in [0, 0.05) is 25.4 Å². The van der Waals surface area contributed by atoms with E-state index in [1.807, 2.05) is 25.1 Å². The summed E-state index contributed by atoms with van der Waals surface area (Å²) >= 11 is 5.03. The fourth-order valence-corrected chi connectivity index (χ4v) is 1.50. The van der Waals surface area contributed by atoms with Crippen LogP contribution in [0.2, 0.25) is 0 Å². The van der Waals surface area contributed by atoms with Crippen LogP contribution in [-0.2, 0) is 0 Å². The number of hydrazone groups is 1. The van der Waals surface area contributed by atoms with Crippen LogP contribution in [0.3, 0.4) is 0 Å². The molecule has 0 heterocycles. The molecule has 0 aliphatic heterocycles. The van der Waals surface area contributed by atoms with E-state index in [1.54, 1.807) is 31.2 Å². The van der Waals surface area contributed by atoms with Gasteiger partial charge in [-0.3, -0.25) is 4.79 Å². The fourth-order valence-electron chi connectivity index (χ4n) is 1.46. The molecule has 0 saturated carbocycles. The van der Waals surface area contributed by atoms with Gasteiger partial charge in [-0.1, -0.05) is 30.3 Å². The van der Waals surface area contributed by atoms with Gasteiger partial charge in [0.05, 0.1) is 6.42 Å².